The number of nitrogens with one attached hydrogen (secondary N) is 2. The summed E-state index contributed by atoms with van der Waals surface area (Å²) < 4.78 is 6.88. The SMILES string of the molecule is COc1cccc(-c2cc(C(=O)Nc3cnn(Cc4c(Cl)cccc4Cl)c3)[nH]n2)c1. The monoisotopic (exact) mass is 441 g/mol. The molecule has 0 unspecified atom stereocenters. The van der Waals surface area contributed by atoms with Gasteiger partial charge in [0.25, 0.3) is 5.91 Å². The number of aromatic nitrogens is 4. The molecule has 0 saturated carbocycles. The van der Waals surface area contributed by atoms with Crippen molar-refractivity contribution in [2.45, 2.75) is 6.54 Å². The Hall–Kier alpha value is -3.29. The fourth-order valence-electron chi connectivity index (χ4n) is 2.93. The second-order valence-corrected chi connectivity index (χ2v) is 7.29. The summed E-state index contributed by atoms with van der Waals surface area (Å²) in [5.74, 6) is 0.388. The lowest BCUT2D eigenvalue weighted by Gasteiger charge is -2.06. The Labute approximate surface area is 182 Å². The third-order valence-corrected chi connectivity index (χ3v) is 5.17. The number of amides is 1. The zero-order chi connectivity index (χ0) is 21.1. The van der Waals surface area contributed by atoms with Crippen LogP contribution in [0.1, 0.15) is 16.1 Å². The molecule has 0 spiro atoms. The van der Waals surface area contributed by atoms with Gasteiger partial charge in [0, 0.05) is 27.4 Å². The number of ether oxygens (including phenoxy) is 1. The molecule has 2 aromatic carbocycles. The summed E-state index contributed by atoms with van der Waals surface area (Å²) in [7, 11) is 1.60. The van der Waals surface area contributed by atoms with Crippen molar-refractivity contribution in [2.75, 3.05) is 12.4 Å². The highest BCUT2D eigenvalue weighted by molar-refractivity contribution is 6.35. The Balaban J connectivity index is 1.45. The molecule has 7 nitrogen and oxygen atoms in total. The van der Waals surface area contributed by atoms with Gasteiger partial charge in [0.1, 0.15) is 11.4 Å². The molecular weight excluding hydrogens is 425 g/mol. The third-order valence-electron chi connectivity index (χ3n) is 4.46. The van der Waals surface area contributed by atoms with Crippen molar-refractivity contribution in [1.82, 2.24) is 20.0 Å². The summed E-state index contributed by atoms with van der Waals surface area (Å²) >= 11 is 12.4. The Kier molecular flexibility index (Phi) is 5.74. The third kappa shape index (κ3) is 4.32. The molecule has 2 aromatic heterocycles. The predicted molar refractivity (Wildman–Crippen MR) is 116 cm³/mol. The molecule has 9 heteroatoms. The van der Waals surface area contributed by atoms with Gasteiger partial charge in [0.15, 0.2) is 0 Å². The molecule has 0 saturated heterocycles. The maximum absolute atomic E-state index is 12.6. The lowest BCUT2D eigenvalue weighted by atomic mass is 10.1. The zero-order valence-electron chi connectivity index (χ0n) is 15.9. The lowest BCUT2D eigenvalue weighted by Crippen LogP contribution is -2.11. The Morgan fingerprint density at radius 1 is 1.17 bits per heavy atom. The van der Waals surface area contributed by atoms with Crippen LogP contribution in [0.3, 0.4) is 0 Å². The summed E-state index contributed by atoms with van der Waals surface area (Å²) in [5.41, 5.74) is 3.12. The van der Waals surface area contributed by atoms with E-state index in [4.69, 9.17) is 27.9 Å². The van der Waals surface area contributed by atoms with Crippen molar-refractivity contribution < 1.29 is 9.53 Å². The summed E-state index contributed by atoms with van der Waals surface area (Å²) in [5, 5.41) is 15.1. The van der Waals surface area contributed by atoms with Crippen molar-refractivity contribution in [3.63, 3.8) is 0 Å². The van der Waals surface area contributed by atoms with E-state index in [0.29, 0.717) is 39.4 Å². The van der Waals surface area contributed by atoms with Gasteiger partial charge >= 0.3 is 0 Å². The van der Waals surface area contributed by atoms with E-state index in [1.165, 1.54) is 0 Å². The van der Waals surface area contributed by atoms with E-state index in [1.807, 2.05) is 24.3 Å². The molecule has 152 valence electrons. The van der Waals surface area contributed by atoms with Crippen LogP contribution < -0.4 is 10.1 Å². The molecule has 2 heterocycles. The average molecular weight is 442 g/mol. The van der Waals surface area contributed by atoms with E-state index in [0.717, 1.165) is 11.1 Å². The maximum atomic E-state index is 12.6. The van der Waals surface area contributed by atoms with Gasteiger partial charge in [-0.25, -0.2) is 0 Å². The van der Waals surface area contributed by atoms with Gasteiger partial charge in [-0.15, -0.1) is 0 Å². The first kappa shape index (κ1) is 20.0. The van der Waals surface area contributed by atoms with Crippen LogP contribution in [0, 0.1) is 0 Å². The highest BCUT2D eigenvalue weighted by Crippen LogP contribution is 2.26. The maximum Gasteiger partial charge on any atom is 0.273 e. The second kappa shape index (κ2) is 8.61. The minimum Gasteiger partial charge on any atom is -0.497 e. The molecular formula is C21H17Cl2N5O2. The van der Waals surface area contributed by atoms with E-state index in [2.05, 4.69) is 20.6 Å². The van der Waals surface area contributed by atoms with E-state index < -0.39 is 0 Å². The molecule has 2 N–H and O–H groups in total. The number of anilines is 1. The van der Waals surface area contributed by atoms with Gasteiger partial charge in [-0.3, -0.25) is 14.6 Å². The average Bonchev–Trinajstić information content (AvgIpc) is 3.41. The molecule has 0 bridgehead atoms. The van der Waals surface area contributed by atoms with E-state index in [1.54, 1.807) is 48.5 Å². The summed E-state index contributed by atoms with van der Waals surface area (Å²) in [6, 6.07) is 14.5. The number of halogens is 2. The van der Waals surface area contributed by atoms with Crippen LogP contribution in [-0.4, -0.2) is 33.0 Å². The molecule has 1 amide bonds. The largest absolute Gasteiger partial charge is 0.497 e. The number of aromatic amines is 1. The van der Waals surface area contributed by atoms with Gasteiger partial charge < -0.3 is 10.1 Å². The van der Waals surface area contributed by atoms with Gasteiger partial charge in [-0.05, 0) is 30.3 Å². The quantitative estimate of drug-likeness (QED) is 0.445. The first-order valence-corrected chi connectivity index (χ1v) is 9.75. The minimum atomic E-state index is -0.327. The molecule has 30 heavy (non-hydrogen) atoms. The van der Waals surface area contributed by atoms with Crippen LogP contribution in [0.4, 0.5) is 5.69 Å². The van der Waals surface area contributed by atoms with Crippen molar-refractivity contribution in [2.24, 2.45) is 0 Å². The Bertz CT molecular complexity index is 1180. The molecule has 0 aliphatic rings. The first-order valence-electron chi connectivity index (χ1n) is 9.00. The highest BCUT2D eigenvalue weighted by Gasteiger charge is 2.13. The van der Waals surface area contributed by atoms with Crippen LogP contribution in [0.5, 0.6) is 5.75 Å². The van der Waals surface area contributed by atoms with Crippen LogP contribution in [0.25, 0.3) is 11.3 Å². The molecule has 0 atom stereocenters. The number of methoxy groups -OCH3 is 1. The van der Waals surface area contributed by atoms with Crippen LogP contribution in [0.2, 0.25) is 10.0 Å². The smallest absolute Gasteiger partial charge is 0.273 e. The van der Waals surface area contributed by atoms with Crippen LogP contribution in [0.15, 0.2) is 60.9 Å². The van der Waals surface area contributed by atoms with Crippen molar-refractivity contribution in [3.8, 4) is 17.0 Å². The van der Waals surface area contributed by atoms with Gasteiger partial charge in [0.2, 0.25) is 0 Å². The number of hydrogen-bond donors (Lipinski definition) is 2. The van der Waals surface area contributed by atoms with E-state index in [-0.39, 0.29) is 5.91 Å². The Morgan fingerprint density at radius 3 is 2.70 bits per heavy atom. The number of carbonyl (C=O) groups is 1. The second-order valence-electron chi connectivity index (χ2n) is 6.48. The summed E-state index contributed by atoms with van der Waals surface area (Å²) in [4.78, 5) is 12.6. The summed E-state index contributed by atoms with van der Waals surface area (Å²) in [6.07, 6.45) is 3.26. The highest BCUT2D eigenvalue weighted by atomic mass is 35.5. The van der Waals surface area contributed by atoms with Gasteiger partial charge in [0.05, 0.1) is 31.2 Å². The molecule has 0 fully saturated rings. The number of nitrogens with zero attached hydrogens (tertiary/aromatic N) is 3. The van der Waals surface area contributed by atoms with E-state index >= 15 is 0 Å². The number of benzene rings is 2. The standard InChI is InChI=1S/C21H17Cl2N5O2/c1-30-15-5-2-4-13(8-15)19-9-20(27-26-19)21(29)25-14-10-24-28(11-14)12-16-17(22)6-3-7-18(16)23/h2-11H,12H2,1H3,(H,25,29)(H,26,27). The van der Waals surface area contributed by atoms with Crippen LogP contribution in [-0.2, 0) is 6.54 Å². The Morgan fingerprint density at radius 2 is 1.93 bits per heavy atom. The number of hydrogen-bond acceptors (Lipinski definition) is 4. The van der Waals surface area contributed by atoms with Crippen molar-refractivity contribution in [3.05, 3.63) is 82.2 Å². The van der Waals surface area contributed by atoms with Crippen molar-refractivity contribution in [1.29, 1.82) is 0 Å². The molecule has 0 aliphatic carbocycles. The summed E-state index contributed by atoms with van der Waals surface area (Å²) in [6.45, 7) is 0.387. The fraction of sp³-hybridized carbons (Fsp3) is 0.0952. The van der Waals surface area contributed by atoms with Gasteiger partial charge in [-0.2, -0.15) is 10.2 Å². The minimum absolute atomic E-state index is 0.327. The zero-order valence-corrected chi connectivity index (χ0v) is 17.4. The molecule has 0 aliphatic heterocycles. The topological polar surface area (TPSA) is 84.8 Å². The normalized spacial score (nSPS) is 10.8. The number of carbonyl (C=O) groups excluding carboxylic acids is 1. The van der Waals surface area contributed by atoms with Gasteiger partial charge in [-0.1, -0.05) is 41.4 Å². The fourth-order valence-corrected chi connectivity index (χ4v) is 3.44. The molecule has 4 aromatic rings. The van der Waals surface area contributed by atoms with E-state index in [9.17, 15) is 4.79 Å². The first-order chi connectivity index (χ1) is 14.5. The number of H-pyrrole nitrogens is 1. The number of rotatable bonds is 6. The lowest BCUT2D eigenvalue weighted by molar-refractivity contribution is 0.102. The van der Waals surface area contributed by atoms with Crippen LogP contribution >= 0.6 is 23.2 Å². The van der Waals surface area contributed by atoms with Crippen molar-refractivity contribution >= 4 is 34.8 Å². The molecule has 0 radical (unpaired) electrons. The molecule has 4 rings (SSSR count). The predicted octanol–water partition coefficient (Wildman–Crippen LogP) is 4.89.